The van der Waals surface area contributed by atoms with Gasteiger partial charge in [-0.2, -0.15) is 0 Å². The van der Waals surface area contributed by atoms with Gasteiger partial charge in [0.2, 0.25) is 0 Å². The van der Waals surface area contributed by atoms with Gasteiger partial charge in [-0.1, -0.05) is 0 Å². The van der Waals surface area contributed by atoms with Gasteiger partial charge in [0.05, 0.1) is 0 Å². The van der Waals surface area contributed by atoms with Crippen molar-refractivity contribution in [3.63, 3.8) is 0 Å². The Morgan fingerprint density at radius 3 is 2.29 bits per heavy atom. The summed E-state index contributed by atoms with van der Waals surface area (Å²) in [5, 5.41) is 2.78. The Bertz CT molecular complexity index is 452. The number of rotatable bonds is 0. The fraction of sp³-hybridized carbons (Fsp3) is 0.308. The van der Waals surface area contributed by atoms with Crippen molar-refractivity contribution in [2.24, 2.45) is 0 Å². The van der Waals surface area contributed by atoms with Gasteiger partial charge >= 0.3 is 91.2 Å². The molecule has 1 aromatic carbocycles. The van der Waals surface area contributed by atoms with Crippen molar-refractivity contribution in [1.29, 1.82) is 0 Å². The molecule has 0 saturated carbocycles. The summed E-state index contributed by atoms with van der Waals surface area (Å²) in [6.45, 7) is 6.88. The molecule has 0 amide bonds. The number of benzene rings is 1. The van der Waals surface area contributed by atoms with Crippen molar-refractivity contribution in [2.45, 2.75) is 26.2 Å². The molecule has 0 atom stereocenters. The third kappa shape index (κ3) is 1.89. The van der Waals surface area contributed by atoms with Crippen LogP contribution in [-0.2, 0) is 5.41 Å². The molecule has 1 aromatic heterocycles. The van der Waals surface area contributed by atoms with Crippen LogP contribution in [0.4, 0.5) is 0 Å². The zero-order valence-electron chi connectivity index (χ0n) is 8.87. The van der Waals surface area contributed by atoms with Crippen LogP contribution in [-0.4, -0.2) is 14.5 Å². The molecule has 0 N–H and O–H groups in total. The first-order valence-corrected chi connectivity index (χ1v) is 6.73. The van der Waals surface area contributed by atoms with Crippen LogP contribution >= 0.6 is 0 Å². The standard InChI is InChI=1S/C13H15Se/c1-13(2,3)12-8-10-6-4-5-7-11(10)9-14-12/h4-9H,1-3H3/q+1. The predicted octanol–water partition coefficient (Wildman–Crippen LogP) is 3.48. The Hall–Kier alpha value is -0.651. The van der Waals surface area contributed by atoms with Gasteiger partial charge in [-0.3, -0.25) is 0 Å². The van der Waals surface area contributed by atoms with Gasteiger partial charge in [0, 0.05) is 0 Å². The fourth-order valence-corrected chi connectivity index (χ4v) is 3.58. The normalized spacial score (nSPS) is 11.9. The fourth-order valence-electron chi connectivity index (χ4n) is 1.45. The topological polar surface area (TPSA) is 0 Å². The molecule has 0 fully saturated rings. The van der Waals surface area contributed by atoms with E-state index in [2.05, 4.69) is 56.0 Å². The van der Waals surface area contributed by atoms with Crippen LogP contribution in [0.3, 0.4) is 0 Å². The van der Waals surface area contributed by atoms with Crippen LogP contribution in [0.25, 0.3) is 10.8 Å². The molecule has 0 radical (unpaired) electrons. The van der Waals surface area contributed by atoms with Gasteiger partial charge in [-0.05, 0) is 0 Å². The minimum atomic E-state index is 0.323. The molecular formula is C13H15Se+. The molecule has 1 heterocycles. The Balaban J connectivity index is 2.63. The molecular weight excluding hydrogens is 235 g/mol. The van der Waals surface area contributed by atoms with Crippen molar-refractivity contribution < 1.29 is 0 Å². The van der Waals surface area contributed by atoms with Crippen molar-refractivity contribution >= 4 is 25.3 Å². The second-order valence-corrected chi connectivity index (χ2v) is 6.54. The summed E-state index contributed by atoms with van der Waals surface area (Å²) >= 11 is 0.534. The van der Waals surface area contributed by atoms with Gasteiger partial charge in [-0.15, -0.1) is 0 Å². The van der Waals surface area contributed by atoms with Crippen LogP contribution in [0.15, 0.2) is 35.3 Å². The van der Waals surface area contributed by atoms with Crippen molar-refractivity contribution in [2.75, 3.05) is 0 Å². The minimum absolute atomic E-state index is 0.323. The predicted molar refractivity (Wildman–Crippen MR) is 64.0 cm³/mol. The molecule has 0 aliphatic rings. The summed E-state index contributed by atoms with van der Waals surface area (Å²) in [4.78, 5) is 2.39. The molecule has 0 aliphatic heterocycles. The monoisotopic (exact) mass is 251 g/mol. The first-order valence-electron chi connectivity index (χ1n) is 4.88. The third-order valence-corrected chi connectivity index (χ3v) is 5.18. The maximum atomic E-state index is 2.39. The van der Waals surface area contributed by atoms with Crippen LogP contribution in [0.5, 0.6) is 0 Å². The van der Waals surface area contributed by atoms with Crippen molar-refractivity contribution in [1.82, 2.24) is 0 Å². The van der Waals surface area contributed by atoms with E-state index in [0.717, 1.165) is 0 Å². The summed E-state index contributed by atoms with van der Waals surface area (Å²) in [5.41, 5.74) is 0.323. The molecule has 0 aliphatic carbocycles. The summed E-state index contributed by atoms with van der Waals surface area (Å²) in [5.74, 6) is 0. The van der Waals surface area contributed by atoms with E-state index in [1.165, 1.54) is 10.8 Å². The SMILES string of the molecule is CC(C)(C)c1cc2ccccc2c[se+]1. The molecule has 0 unspecified atom stereocenters. The third-order valence-electron chi connectivity index (χ3n) is 2.33. The molecule has 0 saturated heterocycles. The first-order chi connectivity index (χ1) is 6.57. The van der Waals surface area contributed by atoms with E-state index in [0.29, 0.717) is 19.9 Å². The summed E-state index contributed by atoms with van der Waals surface area (Å²) in [6.07, 6.45) is 0. The molecule has 1 heteroatoms. The van der Waals surface area contributed by atoms with E-state index < -0.39 is 0 Å². The number of hydrogen-bond acceptors (Lipinski definition) is 0. The first kappa shape index (κ1) is 9.89. The summed E-state index contributed by atoms with van der Waals surface area (Å²) < 4.78 is 1.59. The zero-order valence-corrected chi connectivity index (χ0v) is 10.6. The van der Waals surface area contributed by atoms with Crippen LogP contribution in [0.1, 0.15) is 25.2 Å². The average Bonchev–Trinajstić information content (AvgIpc) is 2.16. The molecule has 0 bridgehead atoms. The van der Waals surface area contributed by atoms with Crippen molar-refractivity contribution in [3.8, 4) is 0 Å². The Morgan fingerprint density at radius 2 is 1.64 bits per heavy atom. The zero-order chi connectivity index (χ0) is 10.2. The summed E-state index contributed by atoms with van der Waals surface area (Å²) in [7, 11) is 0. The van der Waals surface area contributed by atoms with E-state index >= 15 is 0 Å². The quantitative estimate of drug-likeness (QED) is 0.628. The average molecular weight is 250 g/mol. The maximum absolute atomic E-state index is 2.39. The van der Waals surface area contributed by atoms with E-state index in [4.69, 9.17) is 0 Å². The molecule has 72 valence electrons. The van der Waals surface area contributed by atoms with E-state index in [1.807, 2.05) is 0 Å². The molecule has 0 spiro atoms. The Kier molecular flexibility index (Phi) is 2.46. The second kappa shape index (κ2) is 3.49. The molecule has 0 nitrogen and oxygen atoms in total. The van der Waals surface area contributed by atoms with Gasteiger partial charge in [-0.25, -0.2) is 0 Å². The van der Waals surface area contributed by atoms with Crippen LogP contribution in [0.2, 0.25) is 0 Å². The van der Waals surface area contributed by atoms with Gasteiger partial charge < -0.3 is 0 Å². The van der Waals surface area contributed by atoms with E-state index in [9.17, 15) is 0 Å². The molecule has 14 heavy (non-hydrogen) atoms. The van der Waals surface area contributed by atoms with Crippen LogP contribution in [0, 0.1) is 0 Å². The van der Waals surface area contributed by atoms with Gasteiger partial charge in [0.25, 0.3) is 0 Å². The van der Waals surface area contributed by atoms with E-state index in [1.54, 1.807) is 4.44 Å². The van der Waals surface area contributed by atoms with Gasteiger partial charge in [0.1, 0.15) is 0 Å². The Morgan fingerprint density at radius 1 is 1.00 bits per heavy atom. The number of fused-ring (bicyclic) bond motifs is 1. The molecule has 2 aromatic rings. The van der Waals surface area contributed by atoms with Gasteiger partial charge in [0.15, 0.2) is 0 Å². The Labute approximate surface area is 91.3 Å². The van der Waals surface area contributed by atoms with Crippen molar-refractivity contribution in [3.05, 3.63) is 39.7 Å². The van der Waals surface area contributed by atoms with E-state index in [-0.39, 0.29) is 0 Å². The number of hydrogen-bond donors (Lipinski definition) is 0. The molecule has 2 rings (SSSR count). The second-order valence-electron chi connectivity index (χ2n) is 4.62. The van der Waals surface area contributed by atoms with Crippen LogP contribution < -0.4 is 0 Å². The summed E-state index contributed by atoms with van der Waals surface area (Å²) in [6, 6.07) is 11.0.